The Balaban J connectivity index is 1.97. The highest BCUT2D eigenvalue weighted by molar-refractivity contribution is 5.88. The Hall–Kier alpha value is -2.63. The quantitative estimate of drug-likeness (QED) is 0.897. The van der Waals surface area contributed by atoms with Crippen molar-refractivity contribution in [1.82, 2.24) is 9.78 Å². The third-order valence-corrected chi connectivity index (χ3v) is 3.84. The summed E-state index contributed by atoms with van der Waals surface area (Å²) in [5, 5.41) is 22.4. The van der Waals surface area contributed by atoms with Crippen LogP contribution in [0.15, 0.2) is 30.5 Å². The number of carboxylic acid groups (broad SMARTS) is 2. The standard InChI is InChI=1S/C15H14N2O4/c18-14(19)9-2-1-3-12(7-9)17-13-5-4-10(15(20)21)6-11(13)8-16-17/h1-3,7-8,10H,4-6H2,(H,18,19)(H,20,21). The van der Waals surface area contributed by atoms with Crippen molar-refractivity contribution in [3.05, 3.63) is 47.3 Å². The van der Waals surface area contributed by atoms with Crippen molar-refractivity contribution < 1.29 is 19.8 Å². The van der Waals surface area contributed by atoms with Crippen LogP contribution in [0.1, 0.15) is 28.0 Å². The molecule has 3 rings (SSSR count). The molecular formula is C15H14N2O4. The molecule has 0 amide bonds. The molecule has 1 atom stereocenters. The van der Waals surface area contributed by atoms with Crippen LogP contribution in [0.3, 0.4) is 0 Å². The molecule has 6 nitrogen and oxygen atoms in total. The molecule has 21 heavy (non-hydrogen) atoms. The monoisotopic (exact) mass is 286 g/mol. The van der Waals surface area contributed by atoms with E-state index in [1.54, 1.807) is 29.1 Å². The first kappa shape index (κ1) is 13.4. The summed E-state index contributed by atoms with van der Waals surface area (Å²) >= 11 is 0. The zero-order valence-electron chi connectivity index (χ0n) is 11.2. The number of fused-ring (bicyclic) bond motifs is 1. The Morgan fingerprint density at radius 3 is 2.81 bits per heavy atom. The van der Waals surface area contributed by atoms with Crippen LogP contribution in [0.2, 0.25) is 0 Å². The van der Waals surface area contributed by atoms with E-state index in [0.29, 0.717) is 24.9 Å². The third kappa shape index (κ3) is 2.40. The molecule has 6 heteroatoms. The number of aromatic carboxylic acids is 1. The van der Waals surface area contributed by atoms with Gasteiger partial charge in [-0.2, -0.15) is 5.10 Å². The molecule has 0 saturated carbocycles. The molecule has 0 radical (unpaired) electrons. The van der Waals surface area contributed by atoms with Crippen LogP contribution in [0.5, 0.6) is 0 Å². The van der Waals surface area contributed by atoms with Gasteiger partial charge in [0.05, 0.1) is 23.4 Å². The van der Waals surface area contributed by atoms with Crippen molar-refractivity contribution in [2.75, 3.05) is 0 Å². The summed E-state index contributed by atoms with van der Waals surface area (Å²) in [5.41, 5.74) is 2.78. The maximum absolute atomic E-state index is 11.1. The Labute approximate surface area is 120 Å². The highest BCUT2D eigenvalue weighted by atomic mass is 16.4. The molecule has 1 aromatic heterocycles. The van der Waals surface area contributed by atoms with Gasteiger partial charge < -0.3 is 10.2 Å². The van der Waals surface area contributed by atoms with Crippen LogP contribution in [-0.2, 0) is 17.6 Å². The summed E-state index contributed by atoms with van der Waals surface area (Å²) in [5.74, 6) is -2.12. The lowest BCUT2D eigenvalue weighted by Gasteiger charge is -2.19. The molecule has 2 N–H and O–H groups in total. The summed E-state index contributed by atoms with van der Waals surface area (Å²) in [7, 11) is 0. The first-order valence-electron chi connectivity index (χ1n) is 6.68. The molecule has 1 aromatic carbocycles. The minimum absolute atomic E-state index is 0.205. The summed E-state index contributed by atoms with van der Waals surface area (Å²) < 4.78 is 1.71. The molecule has 0 aliphatic heterocycles. The average molecular weight is 286 g/mol. The van der Waals surface area contributed by atoms with E-state index < -0.39 is 11.9 Å². The number of carbonyl (C=O) groups is 2. The highest BCUT2D eigenvalue weighted by Crippen LogP contribution is 2.27. The summed E-state index contributed by atoms with van der Waals surface area (Å²) in [4.78, 5) is 22.1. The Morgan fingerprint density at radius 2 is 2.10 bits per heavy atom. The van der Waals surface area contributed by atoms with Crippen LogP contribution >= 0.6 is 0 Å². The SMILES string of the molecule is O=C(O)c1cccc(-n2ncc3c2CCC(C(=O)O)C3)c1. The second-order valence-electron chi connectivity index (χ2n) is 5.16. The van der Waals surface area contributed by atoms with Gasteiger partial charge in [0.2, 0.25) is 0 Å². The summed E-state index contributed by atoms with van der Waals surface area (Å²) in [6.45, 7) is 0. The van der Waals surface area contributed by atoms with E-state index in [1.165, 1.54) is 6.07 Å². The highest BCUT2D eigenvalue weighted by Gasteiger charge is 2.27. The van der Waals surface area contributed by atoms with Crippen molar-refractivity contribution in [2.24, 2.45) is 5.92 Å². The van der Waals surface area contributed by atoms with E-state index in [2.05, 4.69) is 5.10 Å². The Morgan fingerprint density at radius 1 is 1.29 bits per heavy atom. The maximum Gasteiger partial charge on any atom is 0.335 e. The molecule has 1 aliphatic carbocycles. The van der Waals surface area contributed by atoms with Gasteiger partial charge in [0.25, 0.3) is 0 Å². The molecular weight excluding hydrogens is 272 g/mol. The molecule has 1 heterocycles. The van der Waals surface area contributed by atoms with E-state index >= 15 is 0 Å². The number of aliphatic carboxylic acids is 1. The van der Waals surface area contributed by atoms with Gasteiger partial charge in [-0.05, 0) is 43.0 Å². The average Bonchev–Trinajstić information content (AvgIpc) is 2.90. The van der Waals surface area contributed by atoms with Crippen molar-refractivity contribution in [2.45, 2.75) is 19.3 Å². The summed E-state index contributed by atoms with van der Waals surface area (Å²) in [6, 6.07) is 6.57. The van der Waals surface area contributed by atoms with Gasteiger partial charge in [0.1, 0.15) is 0 Å². The van der Waals surface area contributed by atoms with Gasteiger partial charge >= 0.3 is 11.9 Å². The van der Waals surface area contributed by atoms with Crippen molar-refractivity contribution in [3.8, 4) is 5.69 Å². The minimum atomic E-state index is -0.983. The number of nitrogens with zero attached hydrogens (tertiary/aromatic N) is 2. The van der Waals surface area contributed by atoms with Crippen molar-refractivity contribution in [1.29, 1.82) is 0 Å². The van der Waals surface area contributed by atoms with Gasteiger partial charge in [0, 0.05) is 5.69 Å². The first-order valence-corrected chi connectivity index (χ1v) is 6.68. The Bertz CT molecular complexity index is 720. The number of benzene rings is 1. The molecule has 0 bridgehead atoms. The van der Waals surface area contributed by atoms with Crippen LogP contribution in [-0.4, -0.2) is 31.9 Å². The van der Waals surface area contributed by atoms with E-state index in [4.69, 9.17) is 10.2 Å². The van der Waals surface area contributed by atoms with Gasteiger partial charge in [-0.1, -0.05) is 6.07 Å². The van der Waals surface area contributed by atoms with Gasteiger partial charge in [-0.3, -0.25) is 4.79 Å². The smallest absolute Gasteiger partial charge is 0.335 e. The lowest BCUT2D eigenvalue weighted by Crippen LogP contribution is -2.22. The lowest BCUT2D eigenvalue weighted by atomic mass is 9.88. The molecule has 2 aromatic rings. The fraction of sp³-hybridized carbons (Fsp3) is 0.267. The number of hydrogen-bond donors (Lipinski definition) is 2. The predicted molar refractivity (Wildman–Crippen MR) is 73.7 cm³/mol. The number of carboxylic acids is 2. The van der Waals surface area contributed by atoms with E-state index in [0.717, 1.165) is 11.3 Å². The van der Waals surface area contributed by atoms with E-state index in [-0.39, 0.29) is 11.5 Å². The van der Waals surface area contributed by atoms with Crippen LogP contribution in [0.25, 0.3) is 5.69 Å². The number of rotatable bonds is 3. The van der Waals surface area contributed by atoms with Gasteiger partial charge in [-0.15, -0.1) is 0 Å². The predicted octanol–water partition coefficient (Wildman–Crippen LogP) is 1.76. The molecule has 0 spiro atoms. The van der Waals surface area contributed by atoms with Gasteiger partial charge in [0.15, 0.2) is 0 Å². The molecule has 1 unspecified atom stereocenters. The van der Waals surface area contributed by atoms with Crippen LogP contribution in [0.4, 0.5) is 0 Å². The molecule has 1 aliphatic rings. The first-order chi connectivity index (χ1) is 10.1. The normalized spacial score (nSPS) is 17.2. The third-order valence-electron chi connectivity index (χ3n) is 3.84. The van der Waals surface area contributed by atoms with E-state index in [9.17, 15) is 9.59 Å². The molecule has 0 fully saturated rings. The fourth-order valence-corrected chi connectivity index (χ4v) is 2.73. The maximum atomic E-state index is 11.1. The van der Waals surface area contributed by atoms with Crippen LogP contribution in [0, 0.1) is 5.92 Å². The zero-order valence-corrected chi connectivity index (χ0v) is 11.2. The number of hydrogen-bond acceptors (Lipinski definition) is 3. The zero-order chi connectivity index (χ0) is 15.0. The minimum Gasteiger partial charge on any atom is -0.481 e. The lowest BCUT2D eigenvalue weighted by molar-refractivity contribution is -0.142. The van der Waals surface area contributed by atoms with Gasteiger partial charge in [-0.25, -0.2) is 9.48 Å². The molecule has 108 valence electrons. The second kappa shape index (κ2) is 5.05. The van der Waals surface area contributed by atoms with Crippen molar-refractivity contribution >= 4 is 11.9 Å². The Kier molecular flexibility index (Phi) is 3.21. The fourth-order valence-electron chi connectivity index (χ4n) is 2.73. The largest absolute Gasteiger partial charge is 0.481 e. The summed E-state index contributed by atoms with van der Waals surface area (Å²) in [6.07, 6.45) is 3.36. The molecule has 0 saturated heterocycles. The van der Waals surface area contributed by atoms with E-state index in [1.807, 2.05) is 0 Å². The van der Waals surface area contributed by atoms with Crippen LogP contribution < -0.4 is 0 Å². The topological polar surface area (TPSA) is 92.4 Å². The van der Waals surface area contributed by atoms with Crippen molar-refractivity contribution in [3.63, 3.8) is 0 Å². The number of aromatic nitrogens is 2. The second-order valence-corrected chi connectivity index (χ2v) is 5.16.